The van der Waals surface area contributed by atoms with Crippen LogP contribution in [-0.4, -0.2) is 0 Å². The third-order valence-electron chi connectivity index (χ3n) is 3.08. The number of rotatable bonds is 3. The summed E-state index contributed by atoms with van der Waals surface area (Å²) in [6.07, 6.45) is 0.892. The number of aryl methyl sites for hydroxylation is 2. The fourth-order valence-electron chi connectivity index (χ4n) is 1.91. The Bertz CT molecular complexity index is 468. The van der Waals surface area contributed by atoms with E-state index < -0.39 is 0 Å². The van der Waals surface area contributed by atoms with E-state index in [1.165, 1.54) is 22.3 Å². The molecule has 0 radical (unpaired) electrons. The van der Waals surface area contributed by atoms with Crippen molar-refractivity contribution in [2.75, 3.05) is 0 Å². The Morgan fingerprint density at radius 1 is 0.824 bits per heavy atom. The Hall–Kier alpha value is -1.60. The molecule has 0 saturated heterocycles. The number of hydrogen-bond acceptors (Lipinski definition) is 1. The van der Waals surface area contributed by atoms with E-state index in [9.17, 15) is 0 Å². The summed E-state index contributed by atoms with van der Waals surface area (Å²) in [6.45, 7) is 4.19. The number of nitrogens with two attached hydrogens (primary N) is 1. The summed E-state index contributed by atoms with van der Waals surface area (Å²) in [4.78, 5) is 0. The molecular formula is C16H19N. The highest BCUT2D eigenvalue weighted by Gasteiger charge is 2.06. The van der Waals surface area contributed by atoms with E-state index >= 15 is 0 Å². The maximum atomic E-state index is 6.22. The number of benzene rings is 2. The highest BCUT2D eigenvalue weighted by Crippen LogP contribution is 2.17. The molecule has 0 aliphatic rings. The van der Waals surface area contributed by atoms with Gasteiger partial charge >= 0.3 is 0 Å². The fraction of sp³-hybridized carbons (Fsp3) is 0.250. The number of hydrogen-bond donors (Lipinski definition) is 1. The van der Waals surface area contributed by atoms with E-state index in [-0.39, 0.29) is 6.04 Å². The van der Waals surface area contributed by atoms with Gasteiger partial charge in [-0.05, 0) is 31.4 Å². The molecule has 0 fully saturated rings. The molecule has 0 heterocycles. The van der Waals surface area contributed by atoms with Crippen molar-refractivity contribution in [2.45, 2.75) is 26.3 Å². The van der Waals surface area contributed by atoms with Crippen LogP contribution in [0.3, 0.4) is 0 Å². The predicted octanol–water partition coefficient (Wildman–Crippen LogP) is 3.55. The molecule has 17 heavy (non-hydrogen) atoms. The molecule has 88 valence electrons. The van der Waals surface area contributed by atoms with Gasteiger partial charge in [-0.3, -0.25) is 0 Å². The second kappa shape index (κ2) is 5.15. The molecule has 0 aromatic heterocycles. The van der Waals surface area contributed by atoms with Gasteiger partial charge < -0.3 is 5.73 Å². The smallest absolute Gasteiger partial charge is 0.0335 e. The van der Waals surface area contributed by atoms with Gasteiger partial charge in [0.2, 0.25) is 0 Å². The summed E-state index contributed by atoms with van der Waals surface area (Å²) in [5.41, 5.74) is 11.3. The zero-order chi connectivity index (χ0) is 12.3. The van der Waals surface area contributed by atoms with Crippen LogP contribution >= 0.6 is 0 Å². The minimum Gasteiger partial charge on any atom is -0.324 e. The van der Waals surface area contributed by atoms with Crippen LogP contribution in [0.25, 0.3) is 0 Å². The van der Waals surface area contributed by atoms with Gasteiger partial charge in [-0.25, -0.2) is 0 Å². The standard InChI is InChI=1S/C16H19N/c1-12-3-7-14(8-4-12)11-16(17)15-9-5-13(2)6-10-15/h3-10,16H,11,17H2,1-2H3/t16-/m0/s1. The van der Waals surface area contributed by atoms with Gasteiger partial charge in [0, 0.05) is 6.04 Å². The Morgan fingerprint density at radius 2 is 1.29 bits per heavy atom. The van der Waals surface area contributed by atoms with Crippen LogP contribution in [-0.2, 0) is 6.42 Å². The molecule has 0 aliphatic carbocycles. The van der Waals surface area contributed by atoms with Crippen LogP contribution in [0, 0.1) is 13.8 Å². The van der Waals surface area contributed by atoms with Crippen molar-refractivity contribution in [1.29, 1.82) is 0 Å². The van der Waals surface area contributed by atoms with Crippen molar-refractivity contribution in [3.8, 4) is 0 Å². The van der Waals surface area contributed by atoms with Crippen molar-refractivity contribution in [1.82, 2.24) is 0 Å². The third-order valence-corrected chi connectivity index (χ3v) is 3.08. The largest absolute Gasteiger partial charge is 0.324 e. The molecule has 0 saturated carbocycles. The van der Waals surface area contributed by atoms with Gasteiger partial charge in [-0.2, -0.15) is 0 Å². The van der Waals surface area contributed by atoms with E-state index in [4.69, 9.17) is 5.73 Å². The Balaban J connectivity index is 2.08. The topological polar surface area (TPSA) is 26.0 Å². The van der Waals surface area contributed by atoms with Crippen molar-refractivity contribution in [3.63, 3.8) is 0 Å². The van der Waals surface area contributed by atoms with Crippen LogP contribution in [0.2, 0.25) is 0 Å². The quantitative estimate of drug-likeness (QED) is 0.849. The highest BCUT2D eigenvalue weighted by molar-refractivity contribution is 5.27. The van der Waals surface area contributed by atoms with Crippen LogP contribution in [0.15, 0.2) is 48.5 Å². The van der Waals surface area contributed by atoms with Crippen molar-refractivity contribution in [2.24, 2.45) is 5.73 Å². The lowest BCUT2D eigenvalue weighted by molar-refractivity contribution is 0.721. The summed E-state index contributed by atoms with van der Waals surface area (Å²) < 4.78 is 0. The average Bonchev–Trinajstić information content (AvgIpc) is 2.33. The molecule has 1 heteroatoms. The lowest BCUT2D eigenvalue weighted by Gasteiger charge is -2.12. The first-order chi connectivity index (χ1) is 8.15. The molecule has 0 bridgehead atoms. The van der Waals surface area contributed by atoms with Crippen molar-refractivity contribution < 1.29 is 0 Å². The third kappa shape index (κ3) is 3.18. The van der Waals surface area contributed by atoms with E-state index in [1.54, 1.807) is 0 Å². The molecule has 2 aromatic carbocycles. The van der Waals surface area contributed by atoms with Crippen LogP contribution < -0.4 is 5.73 Å². The van der Waals surface area contributed by atoms with Gasteiger partial charge in [0.15, 0.2) is 0 Å². The maximum absolute atomic E-state index is 6.22. The van der Waals surface area contributed by atoms with Gasteiger partial charge in [-0.1, -0.05) is 59.7 Å². The van der Waals surface area contributed by atoms with Crippen molar-refractivity contribution in [3.05, 3.63) is 70.8 Å². The molecule has 0 aliphatic heterocycles. The monoisotopic (exact) mass is 225 g/mol. The molecule has 2 aromatic rings. The summed E-state index contributed by atoms with van der Waals surface area (Å²) in [5.74, 6) is 0. The summed E-state index contributed by atoms with van der Waals surface area (Å²) in [6, 6.07) is 17.1. The first-order valence-corrected chi connectivity index (χ1v) is 6.03. The predicted molar refractivity (Wildman–Crippen MR) is 73.0 cm³/mol. The van der Waals surface area contributed by atoms with Crippen LogP contribution in [0.5, 0.6) is 0 Å². The van der Waals surface area contributed by atoms with E-state index in [0.29, 0.717) is 0 Å². The Morgan fingerprint density at radius 3 is 1.82 bits per heavy atom. The second-order valence-electron chi connectivity index (χ2n) is 4.71. The van der Waals surface area contributed by atoms with Gasteiger partial charge in [0.1, 0.15) is 0 Å². The molecular weight excluding hydrogens is 206 g/mol. The minimum atomic E-state index is 0.0818. The summed E-state index contributed by atoms with van der Waals surface area (Å²) in [7, 11) is 0. The van der Waals surface area contributed by atoms with Crippen LogP contribution in [0.1, 0.15) is 28.3 Å². The summed E-state index contributed by atoms with van der Waals surface area (Å²) in [5, 5.41) is 0. The maximum Gasteiger partial charge on any atom is 0.0335 e. The van der Waals surface area contributed by atoms with Crippen LogP contribution in [0.4, 0.5) is 0 Å². The van der Waals surface area contributed by atoms with E-state index in [0.717, 1.165) is 6.42 Å². The first kappa shape index (κ1) is 11.9. The average molecular weight is 225 g/mol. The van der Waals surface area contributed by atoms with Crippen molar-refractivity contribution >= 4 is 0 Å². The van der Waals surface area contributed by atoms with Gasteiger partial charge in [0.05, 0.1) is 0 Å². The molecule has 1 atom stereocenters. The molecule has 2 N–H and O–H groups in total. The Labute approximate surface area is 103 Å². The fourth-order valence-corrected chi connectivity index (χ4v) is 1.91. The van der Waals surface area contributed by atoms with E-state index in [1.807, 2.05) is 0 Å². The first-order valence-electron chi connectivity index (χ1n) is 6.03. The molecule has 1 nitrogen and oxygen atoms in total. The molecule has 2 rings (SSSR count). The SMILES string of the molecule is Cc1ccc(C[C@H](N)c2ccc(C)cc2)cc1. The highest BCUT2D eigenvalue weighted by atomic mass is 14.6. The zero-order valence-corrected chi connectivity index (χ0v) is 10.5. The molecule has 0 spiro atoms. The second-order valence-corrected chi connectivity index (χ2v) is 4.71. The summed E-state index contributed by atoms with van der Waals surface area (Å²) >= 11 is 0. The zero-order valence-electron chi connectivity index (χ0n) is 10.5. The minimum absolute atomic E-state index is 0.0818. The lowest BCUT2D eigenvalue weighted by atomic mass is 9.98. The Kier molecular flexibility index (Phi) is 3.60. The van der Waals surface area contributed by atoms with Gasteiger partial charge in [-0.15, -0.1) is 0 Å². The molecule has 0 unspecified atom stereocenters. The van der Waals surface area contributed by atoms with Gasteiger partial charge in [0.25, 0.3) is 0 Å². The molecule has 0 amide bonds. The normalized spacial score (nSPS) is 12.4. The van der Waals surface area contributed by atoms with E-state index in [2.05, 4.69) is 62.4 Å². The lowest BCUT2D eigenvalue weighted by Crippen LogP contribution is -2.13.